The Bertz CT molecular complexity index is 314. The van der Waals surface area contributed by atoms with Crippen LogP contribution in [-0.4, -0.2) is 55.7 Å². The lowest BCUT2D eigenvalue weighted by Crippen LogP contribution is -2.49. The Kier molecular flexibility index (Phi) is 6.08. The van der Waals surface area contributed by atoms with E-state index in [1.807, 2.05) is 14.1 Å². The highest BCUT2D eigenvalue weighted by atomic mass is 16.4. The quantitative estimate of drug-likeness (QED) is 0.572. The lowest BCUT2D eigenvalue weighted by molar-refractivity contribution is -0.153. The minimum absolute atomic E-state index is 0.228. The third-order valence-corrected chi connectivity index (χ3v) is 3.67. The summed E-state index contributed by atoms with van der Waals surface area (Å²) < 4.78 is 0. The molecule has 0 aromatic rings. The van der Waals surface area contributed by atoms with Gasteiger partial charge in [-0.1, -0.05) is 6.42 Å². The van der Waals surface area contributed by atoms with E-state index in [1.165, 1.54) is 0 Å². The lowest BCUT2D eigenvalue weighted by Gasteiger charge is -2.37. The summed E-state index contributed by atoms with van der Waals surface area (Å²) in [5, 5.41) is 14.5. The Morgan fingerprint density at radius 1 is 1.21 bits per heavy atom. The molecule has 1 rings (SSSR count). The molecule has 0 bridgehead atoms. The van der Waals surface area contributed by atoms with E-state index in [0.717, 1.165) is 25.8 Å². The molecular formula is C13H25N3O3. The van der Waals surface area contributed by atoms with Crippen molar-refractivity contribution in [1.82, 2.24) is 15.5 Å². The van der Waals surface area contributed by atoms with Crippen molar-refractivity contribution in [2.45, 2.75) is 32.1 Å². The van der Waals surface area contributed by atoms with Crippen molar-refractivity contribution in [1.29, 1.82) is 0 Å². The molecule has 1 fully saturated rings. The molecule has 2 amide bonds. The second-order valence-electron chi connectivity index (χ2n) is 5.56. The average Bonchev–Trinajstić information content (AvgIpc) is 2.26. The van der Waals surface area contributed by atoms with E-state index >= 15 is 0 Å². The number of hydrogen-bond donors (Lipinski definition) is 3. The normalized spacial score (nSPS) is 16.8. The van der Waals surface area contributed by atoms with Crippen LogP contribution in [0.5, 0.6) is 0 Å². The molecule has 0 saturated heterocycles. The summed E-state index contributed by atoms with van der Waals surface area (Å²) in [6.45, 7) is 1.86. The highest BCUT2D eigenvalue weighted by Gasteiger charge is 2.44. The van der Waals surface area contributed by atoms with Crippen molar-refractivity contribution in [3.05, 3.63) is 0 Å². The number of carboxylic acids is 1. The molecule has 1 saturated carbocycles. The molecule has 0 unspecified atom stereocenters. The van der Waals surface area contributed by atoms with Gasteiger partial charge in [0, 0.05) is 13.1 Å². The third kappa shape index (κ3) is 5.06. The number of carbonyl (C=O) groups is 2. The van der Waals surface area contributed by atoms with E-state index in [4.69, 9.17) is 5.11 Å². The van der Waals surface area contributed by atoms with Crippen LogP contribution in [0.1, 0.15) is 32.1 Å². The molecule has 1 aliphatic rings. The molecule has 0 radical (unpaired) electrons. The lowest BCUT2D eigenvalue weighted by atomic mass is 9.69. The molecule has 0 aromatic carbocycles. The van der Waals surface area contributed by atoms with Gasteiger partial charge >= 0.3 is 12.0 Å². The number of rotatable bonds is 8. The molecule has 0 heterocycles. The first kappa shape index (κ1) is 15.8. The maximum atomic E-state index is 11.5. The molecule has 6 heteroatoms. The summed E-state index contributed by atoms with van der Waals surface area (Å²) >= 11 is 0. The topological polar surface area (TPSA) is 81.7 Å². The van der Waals surface area contributed by atoms with Gasteiger partial charge in [-0.3, -0.25) is 4.79 Å². The number of nitrogens with zero attached hydrogens (tertiary/aromatic N) is 1. The van der Waals surface area contributed by atoms with Crippen LogP contribution in [0.2, 0.25) is 0 Å². The first-order valence-corrected chi connectivity index (χ1v) is 6.86. The number of aliphatic carboxylic acids is 1. The van der Waals surface area contributed by atoms with Gasteiger partial charge in [0.1, 0.15) is 0 Å². The number of unbranched alkanes of at least 4 members (excludes halogenated alkanes) is 1. The molecule has 0 aromatic heterocycles. The number of carbonyl (C=O) groups excluding carboxylic acids is 1. The number of amides is 2. The van der Waals surface area contributed by atoms with Crippen LogP contribution in [0, 0.1) is 5.41 Å². The van der Waals surface area contributed by atoms with Gasteiger partial charge in [0.25, 0.3) is 0 Å². The van der Waals surface area contributed by atoms with E-state index in [9.17, 15) is 9.59 Å². The van der Waals surface area contributed by atoms with E-state index < -0.39 is 11.4 Å². The molecule has 0 aliphatic heterocycles. The van der Waals surface area contributed by atoms with Gasteiger partial charge < -0.3 is 20.6 Å². The van der Waals surface area contributed by atoms with E-state index in [2.05, 4.69) is 15.5 Å². The minimum Gasteiger partial charge on any atom is -0.481 e. The van der Waals surface area contributed by atoms with Gasteiger partial charge in [-0.25, -0.2) is 4.79 Å². The number of hydrogen-bond acceptors (Lipinski definition) is 3. The summed E-state index contributed by atoms with van der Waals surface area (Å²) in [6.07, 6.45) is 4.21. The molecule has 1 aliphatic carbocycles. The minimum atomic E-state index is -0.801. The van der Waals surface area contributed by atoms with Crippen molar-refractivity contribution in [2.24, 2.45) is 5.41 Å². The Hall–Kier alpha value is -1.30. The fourth-order valence-electron chi connectivity index (χ4n) is 2.14. The maximum Gasteiger partial charge on any atom is 0.314 e. The summed E-state index contributed by atoms with van der Waals surface area (Å²) in [5.41, 5.74) is -0.720. The van der Waals surface area contributed by atoms with Gasteiger partial charge in [0.2, 0.25) is 0 Å². The molecule has 0 atom stereocenters. The second-order valence-corrected chi connectivity index (χ2v) is 5.56. The number of nitrogens with one attached hydrogen (secondary N) is 2. The molecular weight excluding hydrogens is 246 g/mol. The predicted octanol–water partition coefficient (Wildman–Crippen LogP) is 0.882. The van der Waals surface area contributed by atoms with E-state index in [0.29, 0.717) is 19.4 Å². The monoisotopic (exact) mass is 271 g/mol. The van der Waals surface area contributed by atoms with Crippen LogP contribution >= 0.6 is 0 Å². The Balaban J connectivity index is 2.09. The smallest absolute Gasteiger partial charge is 0.314 e. The van der Waals surface area contributed by atoms with Crippen LogP contribution in [0.4, 0.5) is 4.79 Å². The van der Waals surface area contributed by atoms with Crippen molar-refractivity contribution in [3.8, 4) is 0 Å². The van der Waals surface area contributed by atoms with Gasteiger partial charge in [0.05, 0.1) is 5.41 Å². The van der Waals surface area contributed by atoms with Crippen LogP contribution in [0.3, 0.4) is 0 Å². The maximum absolute atomic E-state index is 11.5. The van der Waals surface area contributed by atoms with Gasteiger partial charge in [-0.2, -0.15) is 0 Å². The highest BCUT2D eigenvalue weighted by molar-refractivity contribution is 5.78. The van der Waals surface area contributed by atoms with Crippen LogP contribution < -0.4 is 10.6 Å². The van der Waals surface area contributed by atoms with Crippen molar-refractivity contribution in [3.63, 3.8) is 0 Å². The number of carboxylic acid groups (broad SMARTS) is 1. The molecule has 3 N–H and O–H groups in total. The summed E-state index contributed by atoms with van der Waals surface area (Å²) in [7, 11) is 4.04. The zero-order valence-electron chi connectivity index (χ0n) is 11.9. The van der Waals surface area contributed by atoms with Crippen molar-refractivity contribution >= 4 is 12.0 Å². The van der Waals surface area contributed by atoms with Gasteiger partial charge in [-0.05, 0) is 46.3 Å². The fourth-order valence-corrected chi connectivity index (χ4v) is 2.14. The highest BCUT2D eigenvalue weighted by Crippen LogP contribution is 2.40. The Morgan fingerprint density at radius 3 is 2.37 bits per heavy atom. The van der Waals surface area contributed by atoms with Crippen LogP contribution in [-0.2, 0) is 4.79 Å². The second kappa shape index (κ2) is 7.33. The molecule has 0 spiro atoms. The summed E-state index contributed by atoms with van der Waals surface area (Å²) in [4.78, 5) is 24.7. The Labute approximate surface area is 114 Å². The molecule has 19 heavy (non-hydrogen) atoms. The van der Waals surface area contributed by atoms with Crippen molar-refractivity contribution in [2.75, 3.05) is 33.7 Å². The SMILES string of the molecule is CN(C)CCCCNC(=O)NCC1(C(=O)O)CCC1. The first-order chi connectivity index (χ1) is 8.96. The largest absolute Gasteiger partial charge is 0.481 e. The first-order valence-electron chi connectivity index (χ1n) is 6.86. The Morgan fingerprint density at radius 2 is 1.89 bits per heavy atom. The zero-order chi connectivity index (χ0) is 14.3. The van der Waals surface area contributed by atoms with E-state index in [-0.39, 0.29) is 12.6 Å². The van der Waals surface area contributed by atoms with Gasteiger partial charge in [-0.15, -0.1) is 0 Å². The molecule has 6 nitrogen and oxygen atoms in total. The van der Waals surface area contributed by atoms with Crippen LogP contribution in [0.15, 0.2) is 0 Å². The average molecular weight is 271 g/mol. The number of urea groups is 1. The van der Waals surface area contributed by atoms with E-state index in [1.54, 1.807) is 0 Å². The van der Waals surface area contributed by atoms with Crippen molar-refractivity contribution < 1.29 is 14.7 Å². The predicted molar refractivity (Wildman–Crippen MR) is 73.1 cm³/mol. The zero-order valence-corrected chi connectivity index (χ0v) is 11.9. The standard InChI is InChI=1S/C13H25N3O3/c1-16(2)9-4-3-8-14-12(19)15-10-13(11(17)18)6-5-7-13/h3-10H2,1-2H3,(H,17,18)(H2,14,15,19). The molecule has 110 valence electrons. The van der Waals surface area contributed by atoms with Crippen LogP contribution in [0.25, 0.3) is 0 Å². The fraction of sp³-hybridized carbons (Fsp3) is 0.846. The third-order valence-electron chi connectivity index (χ3n) is 3.67. The summed E-state index contributed by atoms with van der Waals surface area (Å²) in [5.74, 6) is -0.801. The summed E-state index contributed by atoms with van der Waals surface area (Å²) in [6, 6.07) is -0.266. The van der Waals surface area contributed by atoms with Gasteiger partial charge in [0.15, 0.2) is 0 Å².